The Morgan fingerprint density at radius 3 is 2.57 bits per heavy atom. The van der Waals surface area contributed by atoms with E-state index in [0.717, 1.165) is 0 Å². The van der Waals surface area contributed by atoms with Crippen LogP contribution in [-0.2, 0) is 9.47 Å². The first kappa shape index (κ1) is 16.9. The van der Waals surface area contributed by atoms with Crippen molar-refractivity contribution in [2.24, 2.45) is 0 Å². The molecule has 1 rings (SSSR count). The molecule has 0 aliphatic carbocycles. The highest BCUT2D eigenvalue weighted by Gasteiger charge is 2.11. The predicted molar refractivity (Wildman–Crippen MR) is 77.8 cm³/mol. The number of carbonyl (C=O) groups is 2. The maximum atomic E-state index is 11.8. The Hall–Kier alpha value is -2.12. The van der Waals surface area contributed by atoms with Gasteiger partial charge >= 0.3 is 12.0 Å². The second kappa shape index (κ2) is 8.23. The third-order valence-corrected chi connectivity index (χ3v) is 2.90. The van der Waals surface area contributed by atoms with E-state index < -0.39 is 5.97 Å². The maximum Gasteiger partial charge on any atom is 0.335 e. The van der Waals surface area contributed by atoms with Crippen molar-refractivity contribution in [1.29, 1.82) is 0 Å². The first-order valence-corrected chi connectivity index (χ1v) is 6.38. The topological polar surface area (TPSA) is 96.9 Å². The fourth-order valence-corrected chi connectivity index (χ4v) is 1.71. The van der Waals surface area contributed by atoms with E-state index >= 15 is 0 Å². The molecular formula is C14H20N2O5. The number of benzene rings is 1. The van der Waals surface area contributed by atoms with Gasteiger partial charge in [-0.05, 0) is 30.7 Å². The Morgan fingerprint density at radius 2 is 2.05 bits per heavy atom. The molecule has 1 aromatic rings. The molecule has 3 N–H and O–H groups in total. The molecule has 1 atom stereocenters. The first-order chi connectivity index (χ1) is 9.97. The van der Waals surface area contributed by atoms with E-state index in [1.54, 1.807) is 20.1 Å². The minimum atomic E-state index is -1.00. The van der Waals surface area contributed by atoms with Gasteiger partial charge in [0.15, 0.2) is 0 Å². The van der Waals surface area contributed by atoms with Crippen molar-refractivity contribution < 1.29 is 24.2 Å². The van der Waals surface area contributed by atoms with Crippen LogP contribution in [0.25, 0.3) is 0 Å². The molecule has 116 valence electrons. The smallest absolute Gasteiger partial charge is 0.335 e. The van der Waals surface area contributed by atoms with Crippen molar-refractivity contribution >= 4 is 17.7 Å². The van der Waals surface area contributed by atoms with Gasteiger partial charge < -0.3 is 25.2 Å². The van der Waals surface area contributed by atoms with Crippen LogP contribution in [0.2, 0.25) is 0 Å². The number of carboxylic acids is 1. The zero-order valence-corrected chi connectivity index (χ0v) is 12.3. The Bertz CT molecular complexity index is 504. The lowest BCUT2D eigenvalue weighted by atomic mass is 10.1. The maximum absolute atomic E-state index is 11.8. The fourth-order valence-electron chi connectivity index (χ4n) is 1.71. The number of hydrogen-bond donors (Lipinski definition) is 3. The van der Waals surface area contributed by atoms with Crippen LogP contribution < -0.4 is 10.6 Å². The first-order valence-electron chi connectivity index (χ1n) is 6.38. The quantitative estimate of drug-likeness (QED) is 0.708. The highest BCUT2D eigenvalue weighted by atomic mass is 16.5. The second-order valence-corrected chi connectivity index (χ2v) is 4.48. The van der Waals surface area contributed by atoms with Crippen LogP contribution in [0.3, 0.4) is 0 Å². The summed E-state index contributed by atoms with van der Waals surface area (Å²) in [6, 6.07) is 4.11. The number of hydrogen-bond acceptors (Lipinski definition) is 4. The number of rotatable bonds is 7. The lowest BCUT2D eigenvalue weighted by Gasteiger charge is -2.16. The second-order valence-electron chi connectivity index (χ2n) is 4.48. The standard InChI is InChI=1S/C14H20N2O5/c1-9-6-10(13(17)18)4-5-12(9)16-14(19)15-7-11(21-3)8-20-2/h4-6,11H,7-8H2,1-3H3,(H,17,18)(H2,15,16,19). The molecule has 0 radical (unpaired) electrons. The van der Waals surface area contributed by atoms with E-state index in [-0.39, 0.29) is 17.7 Å². The third-order valence-electron chi connectivity index (χ3n) is 2.90. The van der Waals surface area contributed by atoms with Crippen LogP contribution in [0.1, 0.15) is 15.9 Å². The molecule has 1 aromatic carbocycles. The van der Waals surface area contributed by atoms with E-state index in [4.69, 9.17) is 14.6 Å². The van der Waals surface area contributed by atoms with Gasteiger partial charge in [-0.25, -0.2) is 9.59 Å². The summed E-state index contributed by atoms with van der Waals surface area (Å²) in [5.41, 5.74) is 1.40. The molecule has 7 nitrogen and oxygen atoms in total. The Labute approximate surface area is 123 Å². The third kappa shape index (κ3) is 5.41. The van der Waals surface area contributed by atoms with Crippen LogP contribution in [0.5, 0.6) is 0 Å². The molecule has 0 fully saturated rings. The zero-order chi connectivity index (χ0) is 15.8. The van der Waals surface area contributed by atoms with Crippen molar-refractivity contribution in [3.05, 3.63) is 29.3 Å². The Balaban J connectivity index is 2.57. The van der Waals surface area contributed by atoms with Crippen LogP contribution in [-0.4, -0.2) is 50.6 Å². The Kier molecular flexibility index (Phi) is 6.64. The number of ether oxygens (including phenoxy) is 2. The van der Waals surface area contributed by atoms with E-state index in [2.05, 4.69) is 10.6 Å². The van der Waals surface area contributed by atoms with Crippen molar-refractivity contribution in [2.75, 3.05) is 32.7 Å². The number of aryl methyl sites for hydroxylation is 1. The molecule has 2 amide bonds. The van der Waals surface area contributed by atoms with Gasteiger partial charge in [-0.15, -0.1) is 0 Å². The normalized spacial score (nSPS) is 11.8. The van der Waals surface area contributed by atoms with E-state index in [1.165, 1.54) is 19.2 Å². The summed E-state index contributed by atoms with van der Waals surface area (Å²) in [7, 11) is 3.09. The molecule has 0 spiro atoms. The molecule has 0 aromatic heterocycles. The van der Waals surface area contributed by atoms with Gasteiger partial charge in [-0.3, -0.25) is 0 Å². The molecule has 21 heavy (non-hydrogen) atoms. The molecule has 0 saturated carbocycles. The molecule has 0 aliphatic rings. The number of anilines is 1. The summed E-state index contributed by atoms with van der Waals surface area (Å²) >= 11 is 0. The van der Waals surface area contributed by atoms with E-state index in [0.29, 0.717) is 24.4 Å². The van der Waals surface area contributed by atoms with Crippen LogP contribution in [0.15, 0.2) is 18.2 Å². The average molecular weight is 296 g/mol. The highest BCUT2D eigenvalue weighted by Crippen LogP contribution is 2.16. The number of urea groups is 1. The van der Waals surface area contributed by atoms with Gasteiger partial charge in [-0.2, -0.15) is 0 Å². The van der Waals surface area contributed by atoms with Crippen molar-refractivity contribution in [2.45, 2.75) is 13.0 Å². The number of nitrogens with one attached hydrogen (secondary N) is 2. The van der Waals surface area contributed by atoms with Gasteiger partial charge in [0.2, 0.25) is 0 Å². The van der Waals surface area contributed by atoms with Crippen LogP contribution in [0.4, 0.5) is 10.5 Å². The van der Waals surface area contributed by atoms with Gasteiger partial charge in [0.05, 0.1) is 18.3 Å². The molecule has 7 heteroatoms. The predicted octanol–water partition coefficient (Wildman–Crippen LogP) is 1.48. The summed E-state index contributed by atoms with van der Waals surface area (Å²) in [6.45, 7) is 2.41. The zero-order valence-electron chi connectivity index (χ0n) is 12.3. The lowest BCUT2D eigenvalue weighted by molar-refractivity contribution is 0.0307. The number of carboxylic acid groups (broad SMARTS) is 1. The highest BCUT2D eigenvalue weighted by molar-refractivity contribution is 5.92. The van der Waals surface area contributed by atoms with E-state index in [9.17, 15) is 9.59 Å². The van der Waals surface area contributed by atoms with Gasteiger partial charge in [0.25, 0.3) is 0 Å². The van der Waals surface area contributed by atoms with Crippen molar-refractivity contribution in [3.8, 4) is 0 Å². The molecule has 0 aliphatic heterocycles. The van der Waals surface area contributed by atoms with Crippen LogP contribution in [0, 0.1) is 6.92 Å². The largest absolute Gasteiger partial charge is 0.478 e. The van der Waals surface area contributed by atoms with Crippen molar-refractivity contribution in [1.82, 2.24) is 5.32 Å². The fraction of sp³-hybridized carbons (Fsp3) is 0.429. The summed E-state index contributed by atoms with van der Waals surface area (Å²) in [6.07, 6.45) is -0.226. The number of carbonyl (C=O) groups excluding carboxylic acids is 1. The SMILES string of the molecule is COCC(CNC(=O)Nc1ccc(C(=O)O)cc1C)OC. The molecular weight excluding hydrogens is 276 g/mol. The van der Waals surface area contributed by atoms with Gasteiger partial charge in [0, 0.05) is 26.5 Å². The molecule has 0 saturated heterocycles. The number of aromatic carboxylic acids is 1. The molecule has 0 bridgehead atoms. The summed E-state index contributed by atoms with van der Waals surface area (Å²) < 4.78 is 10.1. The summed E-state index contributed by atoms with van der Waals surface area (Å²) in [5.74, 6) is -1.00. The van der Waals surface area contributed by atoms with Crippen LogP contribution >= 0.6 is 0 Å². The molecule has 1 unspecified atom stereocenters. The molecule has 0 heterocycles. The minimum Gasteiger partial charge on any atom is -0.478 e. The lowest BCUT2D eigenvalue weighted by Crippen LogP contribution is -2.38. The van der Waals surface area contributed by atoms with E-state index in [1.807, 2.05) is 0 Å². The monoisotopic (exact) mass is 296 g/mol. The number of amides is 2. The summed E-state index contributed by atoms with van der Waals surface area (Å²) in [4.78, 5) is 22.6. The van der Waals surface area contributed by atoms with Crippen molar-refractivity contribution in [3.63, 3.8) is 0 Å². The van der Waals surface area contributed by atoms with Gasteiger partial charge in [0.1, 0.15) is 0 Å². The Morgan fingerprint density at radius 1 is 1.33 bits per heavy atom. The average Bonchev–Trinajstić information content (AvgIpc) is 2.45. The number of methoxy groups -OCH3 is 2. The minimum absolute atomic E-state index is 0.179. The summed E-state index contributed by atoms with van der Waals surface area (Å²) in [5, 5.41) is 14.2. The van der Waals surface area contributed by atoms with Gasteiger partial charge in [-0.1, -0.05) is 0 Å².